The van der Waals surface area contributed by atoms with Crippen LogP contribution in [0.25, 0.3) is 10.6 Å². The highest BCUT2D eigenvalue weighted by Crippen LogP contribution is 2.34. The Bertz CT molecular complexity index is 1340. The minimum atomic E-state index is -4.57. The summed E-state index contributed by atoms with van der Waals surface area (Å²) in [7, 11) is 1.49. The van der Waals surface area contributed by atoms with Crippen molar-refractivity contribution in [2.75, 3.05) is 24.2 Å². The summed E-state index contributed by atoms with van der Waals surface area (Å²) in [6.45, 7) is 2.02. The third kappa shape index (κ3) is 6.35. The summed E-state index contributed by atoms with van der Waals surface area (Å²) < 4.78 is 40.8. The second-order valence-corrected chi connectivity index (χ2v) is 8.55. The topological polar surface area (TPSA) is 139 Å². The smallest absolute Gasteiger partial charge is 0.371 e. The highest BCUT2D eigenvalue weighted by atomic mass is 32.1. The molecular weight excluding hydrogens is 515 g/mol. The summed E-state index contributed by atoms with van der Waals surface area (Å²) in [6, 6.07) is 0.942. The van der Waals surface area contributed by atoms with E-state index >= 15 is 0 Å². The molecule has 0 aromatic carbocycles. The molecule has 0 saturated carbocycles. The molecule has 0 atom stereocenters. The lowest BCUT2D eigenvalue weighted by molar-refractivity contribution is -0.138. The summed E-state index contributed by atoms with van der Waals surface area (Å²) in [4.78, 5) is 61.4. The molecule has 11 nitrogen and oxygen atoms in total. The van der Waals surface area contributed by atoms with Gasteiger partial charge in [0, 0.05) is 36.3 Å². The Kier molecular flexibility index (Phi) is 8.37. The summed E-state index contributed by atoms with van der Waals surface area (Å²) in [5.74, 6) is -1.59. The Morgan fingerprint density at radius 1 is 1.24 bits per heavy atom. The number of ketones is 1. The van der Waals surface area contributed by atoms with Crippen molar-refractivity contribution >= 4 is 47.0 Å². The van der Waals surface area contributed by atoms with E-state index in [1.807, 2.05) is 0 Å². The zero-order valence-corrected chi connectivity index (χ0v) is 20.7. The highest BCUT2D eigenvalue weighted by Gasteiger charge is 2.33. The number of amides is 3. The molecule has 15 heteroatoms. The summed E-state index contributed by atoms with van der Waals surface area (Å²) in [6.07, 6.45) is -1.74. The van der Waals surface area contributed by atoms with E-state index in [0.717, 1.165) is 17.4 Å². The van der Waals surface area contributed by atoms with Crippen molar-refractivity contribution in [1.29, 1.82) is 0 Å². The summed E-state index contributed by atoms with van der Waals surface area (Å²) >= 11 is 1.01. The number of alkyl halides is 3. The van der Waals surface area contributed by atoms with Gasteiger partial charge < -0.3 is 15.2 Å². The molecule has 0 bridgehead atoms. The number of carbonyl (C=O) groups is 4. The number of halogens is 3. The zero-order chi connectivity index (χ0) is 27.3. The molecule has 196 valence electrons. The number of imidazole rings is 1. The summed E-state index contributed by atoms with van der Waals surface area (Å²) in [5.41, 5.74) is -1.02. The van der Waals surface area contributed by atoms with Gasteiger partial charge in [0.15, 0.2) is 17.3 Å². The maximum Gasteiger partial charge on any atom is 0.418 e. The third-order valence-corrected chi connectivity index (χ3v) is 6.02. The molecule has 0 fully saturated rings. The van der Waals surface area contributed by atoms with Crippen LogP contribution >= 0.6 is 11.3 Å². The lowest BCUT2D eigenvalue weighted by atomic mass is 10.1. The van der Waals surface area contributed by atoms with Gasteiger partial charge in [0.2, 0.25) is 12.3 Å². The fourth-order valence-electron chi connectivity index (χ4n) is 3.24. The first kappa shape index (κ1) is 27.4. The van der Waals surface area contributed by atoms with Gasteiger partial charge in [0.1, 0.15) is 17.4 Å². The van der Waals surface area contributed by atoms with Gasteiger partial charge in [-0.25, -0.2) is 9.97 Å². The van der Waals surface area contributed by atoms with Crippen LogP contribution in [0.1, 0.15) is 35.1 Å². The van der Waals surface area contributed by atoms with E-state index in [1.54, 1.807) is 6.92 Å². The molecule has 3 amide bonds. The number of anilines is 2. The van der Waals surface area contributed by atoms with Crippen LogP contribution < -0.4 is 10.6 Å². The van der Waals surface area contributed by atoms with Gasteiger partial charge in [0.25, 0.3) is 5.91 Å². The average Bonchev–Trinajstić information content (AvgIpc) is 3.48. The number of hydrogen-bond donors (Lipinski definition) is 2. The average molecular weight is 538 g/mol. The van der Waals surface area contributed by atoms with Crippen molar-refractivity contribution in [2.24, 2.45) is 0 Å². The Hall–Kier alpha value is -4.14. The summed E-state index contributed by atoms with van der Waals surface area (Å²) in [5, 5.41) is 6.88. The molecule has 3 aromatic heterocycles. The number of aryl methyl sites for hydroxylation is 1. The van der Waals surface area contributed by atoms with E-state index < -0.39 is 36.6 Å². The number of pyridine rings is 1. The number of hydrogen-bond acceptors (Lipinski definition) is 9. The molecule has 2 N–H and O–H groups in total. The van der Waals surface area contributed by atoms with Gasteiger partial charge in [-0.15, -0.1) is 11.3 Å². The molecule has 0 aliphatic carbocycles. The highest BCUT2D eigenvalue weighted by molar-refractivity contribution is 7.13. The molecule has 0 unspecified atom stereocenters. The maximum atomic E-state index is 13.2. The molecular formula is C22H22F3N7O4S. The largest absolute Gasteiger partial charge is 0.418 e. The van der Waals surface area contributed by atoms with E-state index in [4.69, 9.17) is 0 Å². The quantitative estimate of drug-likeness (QED) is 0.377. The van der Waals surface area contributed by atoms with Crippen molar-refractivity contribution < 1.29 is 32.3 Å². The van der Waals surface area contributed by atoms with Gasteiger partial charge in [-0.1, -0.05) is 6.92 Å². The maximum absolute atomic E-state index is 13.2. The van der Waals surface area contributed by atoms with Crippen LogP contribution in [0.2, 0.25) is 0 Å². The van der Waals surface area contributed by atoms with Gasteiger partial charge in [-0.05, 0) is 13.0 Å². The number of nitrogens with zero attached hydrogens (tertiary/aromatic N) is 5. The predicted octanol–water partition coefficient (Wildman–Crippen LogP) is 2.99. The van der Waals surface area contributed by atoms with Crippen molar-refractivity contribution in [3.63, 3.8) is 0 Å². The third-order valence-electron chi connectivity index (χ3n) is 5.13. The van der Waals surface area contributed by atoms with Crippen molar-refractivity contribution in [1.82, 2.24) is 24.4 Å². The minimum absolute atomic E-state index is 0.0871. The Morgan fingerprint density at radius 3 is 2.59 bits per heavy atom. The van der Waals surface area contributed by atoms with Crippen LogP contribution in [0.15, 0.2) is 24.0 Å². The molecule has 37 heavy (non-hydrogen) atoms. The molecule has 0 saturated heterocycles. The van der Waals surface area contributed by atoms with E-state index in [-0.39, 0.29) is 52.2 Å². The Morgan fingerprint density at radius 2 is 1.97 bits per heavy atom. The van der Waals surface area contributed by atoms with Gasteiger partial charge in [-0.3, -0.25) is 29.1 Å². The fraction of sp³-hybridized carbons (Fsp3) is 0.318. The van der Waals surface area contributed by atoms with Crippen LogP contribution in [0.5, 0.6) is 0 Å². The van der Waals surface area contributed by atoms with Crippen LogP contribution in [-0.4, -0.2) is 62.0 Å². The SMILES string of the molecule is CCC(=O)CN(C=O)C(=O)c1c(NC)ncn1CC(=O)Nc1csc(-c2cnc(C)c(C(F)(F)F)c2)n1. The number of rotatable bonds is 10. The van der Waals surface area contributed by atoms with Crippen LogP contribution in [0.4, 0.5) is 24.8 Å². The Balaban J connectivity index is 1.78. The lowest BCUT2D eigenvalue weighted by Gasteiger charge is -2.16. The van der Waals surface area contributed by atoms with E-state index in [0.29, 0.717) is 4.90 Å². The van der Waals surface area contributed by atoms with Gasteiger partial charge in [-0.2, -0.15) is 13.2 Å². The first-order valence-corrected chi connectivity index (χ1v) is 11.7. The first-order valence-electron chi connectivity index (χ1n) is 10.8. The monoisotopic (exact) mass is 537 g/mol. The van der Waals surface area contributed by atoms with Crippen LogP contribution in [0, 0.1) is 6.92 Å². The number of aromatic nitrogens is 4. The molecule has 3 aromatic rings. The second kappa shape index (κ2) is 11.3. The number of nitrogens with one attached hydrogen (secondary N) is 2. The first-order chi connectivity index (χ1) is 17.5. The second-order valence-electron chi connectivity index (χ2n) is 7.69. The van der Waals surface area contributed by atoms with E-state index in [1.165, 1.54) is 36.4 Å². The molecule has 0 aliphatic heterocycles. The number of thiazole rings is 1. The van der Waals surface area contributed by atoms with Crippen LogP contribution in [-0.2, 0) is 27.1 Å². The van der Waals surface area contributed by atoms with Gasteiger partial charge in [0.05, 0.1) is 18.4 Å². The molecule has 0 radical (unpaired) electrons. The number of Topliss-reactive ketones (excluding diaryl/α,β-unsaturated/α-hetero) is 1. The zero-order valence-electron chi connectivity index (χ0n) is 19.9. The number of imide groups is 1. The molecule has 0 spiro atoms. The molecule has 3 heterocycles. The van der Waals surface area contributed by atoms with E-state index in [2.05, 4.69) is 25.6 Å². The van der Waals surface area contributed by atoms with Crippen molar-refractivity contribution in [3.05, 3.63) is 40.9 Å². The van der Waals surface area contributed by atoms with Crippen molar-refractivity contribution in [2.45, 2.75) is 33.0 Å². The van der Waals surface area contributed by atoms with E-state index in [9.17, 15) is 32.3 Å². The standard InChI is InChI=1S/C22H22F3N7O4S/c1-4-14(34)7-32(11-33)21(36)18-19(26-3)28-10-31(18)8-17(35)29-16-9-37-20(30-16)13-5-15(22(23,24)25)12(2)27-6-13/h5-6,9-11,26H,4,7-8H2,1-3H3,(H,29,35). The Labute approximate surface area is 212 Å². The predicted molar refractivity (Wildman–Crippen MR) is 128 cm³/mol. The van der Waals surface area contributed by atoms with Crippen molar-refractivity contribution in [3.8, 4) is 10.6 Å². The van der Waals surface area contributed by atoms with Crippen LogP contribution in [0.3, 0.4) is 0 Å². The molecule has 0 aliphatic rings. The molecule has 3 rings (SSSR count). The van der Waals surface area contributed by atoms with Gasteiger partial charge >= 0.3 is 6.18 Å². The number of carbonyl (C=O) groups excluding carboxylic acids is 4. The normalized spacial score (nSPS) is 11.2. The minimum Gasteiger partial charge on any atom is -0.371 e. The fourth-order valence-corrected chi connectivity index (χ4v) is 3.98. The lowest BCUT2D eigenvalue weighted by Crippen LogP contribution is -2.36.